The lowest BCUT2D eigenvalue weighted by molar-refractivity contribution is -0.135. The van der Waals surface area contributed by atoms with Crippen LogP contribution in [-0.4, -0.2) is 36.5 Å². The maximum absolute atomic E-state index is 12.7. The van der Waals surface area contributed by atoms with Crippen molar-refractivity contribution in [2.75, 3.05) is 19.6 Å². The fourth-order valence-corrected chi connectivity index (χ4v) is 3.86. The van der Waals surface area contributed by atoms with Gasteiger partial charge < -0.3 is 10.2 Å². The lowest BCUT2D eigenvalue weighted by Crippen LogP contribution is -2.44. The van der Waals surface area contributed by atoms with E-state index in [2.05, 4.69) is 40.5 Å². The third-order valence-electron chi connectivity index (χ3n) is 5.19. The van der Waals surface area contributed by atoms with Crippen LogP contribution in [0.4, 0.5) is 0 Å². The highest BCUT2D eigenvalue weighted by atomic mass is 35.5. The summed E-state index contributed by atoms with van der Waals surface area (Å²) < 4.78 is 0. The van der Waals surface area contributed by atoms with Gasteiger partial charge in [0.05, 0.1) is 0 Å². The second kappa shape index (κ2) is 9.29. The molecule has 2 unspecified atom stereocenters. The number of benzene rings is 1. The van der Waals surface area contributed by atoms with Crippen molar-refractivity contribution in [3.8, 4) is 0 Å². The molecule has 0 saturated carbocycles. The van der Waals surface area contributed by atoms with E-state index in [9.17, 15) is 4.79 Å². The molecular formula is C19H29ClN2O. The van der Waals surface area contributed by atoms with Crippen molar-refractivity contribution < 1.29 is 4.79 Å². The van der Waals surface area contributed by atoms with E-state index in [0.717, 1.165) is 45.3 Å². The number of hydrogen-bond acceptors (Lipinski definition) is 2. The van der Waals surface area contributed by atoms with Gasteiger partial charge in [0, 0.05) is 19.0 Å². The molecule has 0 aliphatic carbocycles. The summed E-state index contributed by atoms with van der Waals surface area (Å²) in [6, 6.07) is 11.0. The molecule has 2 aliphatic heterocycles. The van der Waals surface area contributed by atoms with E-state index in [1.165, 1.54) is 24.8 Å². The molecule has 1 aromatic carbocycles. The lowest BCUT2D eigenvalue weighted by Gasteiger charge is -2.36. The zero-order valence-corrected chi connectivity index (χ0v) is 14.7. The smallest absolute Gasteiger partial charge is 0.222 e. The lowest BCUT2D eigenvalue weighted by atomic mass is 9.94. The molecule has 2 saturated heterocycles. The summed E-state index contributed by atoms with van der Waals surface area (Å²) in [6.45, 7) is 3.18. The molecule has 2 atom stereocenters. The van der Waals surface area contributed by atoms with Crippen LogP contribution in [-0.2, 0) is 11.2 Å². The third-order valence-corrected chi connectivity index (χ3v) is 5.19. The van der Waals surface area contributed by atoms with Crippen molar-refractivity contribution in [1.29, 1.82) is 0 Å². The highest BCUT2D eigenvalue weighted by Gasteiger charge is 2.27. The Morgan fingerprint density at radius 1 is 1.17 bits per heavy atom. The minimum Gasteiger partial charge on any atom is -0.339 e. The summed E-state index contributed by atoms with van der Waals surface area (Å²) in [5.74, 6) is 1.09. The molecule has 128 valence electrons. The Labute approximate surface area is 146 Å². The molecule has 3 rings (SSSR count). The monoisotopic (exact) mass is 336 g/mol. The number of hydrogen-bond donors (Lipinski definition) is 1. The van der Waals surface area contributed by atoms with Gasteiger partial charge in [-0.1, -0.05) is 30.3 Å². The first-order valence-corrected chi connectivity index (χ1v) is 8.87. The Kier molecular flexibility index (Phi) is 7.38. The highest BCUT2D eigenvalue weighted by molar-refractivity contribution is 5.85. The molecule has 2 fully saturated rings. The summed E-state index contributed by atoms with van der Waals surface area (Å²) in [5, 5.41) is 3.39. The Hall–Kier alpha value is -1.06. The average Bonchev–Trinajstić information content (AvgIpc) is 3.08. The molecule has 4 heteroatoms. The van der Waals surface area contributed by atoms with Gasteiger partial charge in [0.2, 0.25) is 5.91 Å². The zero-order chi connectivity index (χ0) is 15.2. The summed E-state index contributed by atoms with van der Waals surface area (Å²) in [5.41, 5.74) is 1.35. The van der Waals surface area contributed by atoms with Crippen LogP contribution in [0.3, 0.4) is 0 Å². The van der Waals surface area contributed by atoms with Crippen LogP contribution in [0, 0.1) is 5.92 Å². The number of piperidine rings is 1. The number of amides is 1. The first-order valence-electron chi connectivity index (χ1n) is 8.87. The molecular weight excluding hydrogens is 308 g/mol. The Balaban J connectivity index is 0.00000192. The Morgan fingerprint density at radius 2 is 2.00 bits per heavy atom. The van der Waals surface area contributed by atoms with Crippen LogP contribution in [0.2, 0.25) is 0 Å². The summed E-state index contributed by atoms with van der Waals surface area (Å²) in [4.78, 5) is 14.8. The van der Waals surface area contributed by atoms with Crippen molar-refractivity contribution in [1.82, 2.24) is 10.2 Å². The minimum absolute atomic E-state index is 0. The van der Waals surface area contributed by atoms with E-state index >= 15 is 0 Å². The number of halogens is 1. The molecule has 0 bridgehead atoms. The van der Waals surface area contributed by atoms with Crippen molar-refractivity contribution in [3.63, 3.8) is 0 Å². The number of carbonyl (C=O) groups excluding carboxylic acids is 1. The van der Waals surface area contributed by atoms with E-state index in [4.69, 9.17) is 0 Å². The molecule has 23 heavy (non-hydrogen) atoms. The van der Waals surface area contributed by atoms with E-state index < -0.39 is 0 Å². The molecule has 0 radical (unpaired) electrons. The van der Waals surface area contributed by atoms with Gasteiger partial charge in [-0.05, 0) is 63.1 Å². The van der Waals surface area contributed by atoms with E-state index in [0.29, 0.717) is 17.9 Å². The summed E-state index contributed by atoms with van der Waals surface area (Å²) in [6.07, 6.45) is 7.62. The number of nitrogens with zero attached hydrogens (tertiary/aromatic N) is 1. The first-order chi connectivity index (χ1) is 10.8. The SMILES string of the molecule is Cl.O=C(CCC1CCNC1)N1CCCCC1Cc1ccccc1. The van der Waals surface area contributed by atoms with Crippen LogP contribution in [0.5, 0.6) is 0 Å². The molecule has 2 heterocycles. The normalized spacial score (nSPS) is 24.3. The predicted octanol–water partition coefficient (Wildman–Crippen LogP) is 3.42. The predicted molar refractivity (Wildman–Crippen MR) is 97.0 cm³/mol. The maximum atomic E-state index is 12.7. The molecule has 3 nitrogen and oxygen atoms in total. The van der Waals surface area contributed by atoms with Crippen LogP contribution < -0.4 is 5.32 Å². The van der Waals surface area contributed by atoms with Crippen LogP contribution in [0.25, 0.3) is 0 Å². The highest BCUT2D eigenvalue weighted by Crippen LogP contribution is 2.23. The quantitative estimate of drug-likeness (QED) is 0.893. The van der Waals surface area contributed by atoms with Crippen molar-refractivity contribution >= 4 is 18.3 Å². The molecule has 1 N–H and O–H groups in total. The van der Waals surface area contributed by atoms with Gasteiger partial charge in [0.1, 0.15) is 0 Å². The van der Waals surface area contributed by atoms with Gasteiger partial charge in [0.15, 0.2) is 0 Å². The molecule has 0 spiro atoms. The van der Waals surface area contributed by atoms with Gasteiger partial charge in [-0.3, -0.25) is 4.79 Å². The average molecular weight is 337 g/mol. The van der Waals surface area contributed by atoms with Crippen molar-refractivity contribution in [2.24, 2.45) is 5.92 Å². The zero-order valence-electron chi connectivity index (χ0n) is 13.9. The minimum atomic E-state index is 0. The van der Waals surface area contributed by atoms with Gasteiger partial charge in [-0.15, -0.1) is 12.4 Å². The van der Waals surface area contributed by atoms with Crippen molar-refractivity contribution in [3.05, 3.63) is 35.9 Å². The fraction of sp³-hybridized carbons (Fsp3) is 0.632. The summed E-state index contributed by atoms with van der Waals surface area (Å²) >= 11 is 0. The van der Waals surface area contributed by atoms with Gasteiger partial charge in [-0.2, -0.15) is 0 Å². The van der Waals surface area contributed by atoms with E-state index in [-0.39, 0.29) is 12.4 Å². The number of carbonyl (C=O) groups is 1. The van der Waals surface area contributed by atoms with Gasteiger partial charge in [-0.25, -0.2) is 0 Å². The maximum Gasteiger partial charge on any atom is 0.222 e. The first kappa shape index (κ1) is 18.3. The number of likely N-dealkylation sites (tertiary alicyclic amines) is 1. The Morgan fingerprint density at radius 3 is 2.74 bits per heavy atom. The van der Waals surface area contributed by atoms with Gasteiger partial charge >= 0.3 is 0 Å². The standard InChI is InChI=1S/C19H28N2O.ClH/c22-19(10-9-17-11-12-20-15-17)21-13-5-4-8-18(21)14-16-6-2-1-3-7-16;/h1-3,6-7,17-18,20H,4-5,8-15H2;1H. The van der Waals surface area contributed by atoms with Crippen LogP contribution in [0.1, 0.15) is 44.1 Å². The topological polar surface area (TPSA) is 32.3 Å². The second-order valence-electron chi connectivity index (χ2n) is 6.82. The molecule has 0 aromatic heterocycles. The largest absolute Gasteiger partial charge is 0.339 e. The van der Waals surface area contributed by atoms with E-state index in [1.807, 2.05) is 0 Å². The third kappa shape index (κ3) is 5.22. The summed E-state index contributed by atoms with van der Waals surface area (Å²) in [7, 11) is 0. The number of nitrogens with one attached hydrogen (secondary N) is 1. The molecule has 1 aromatic rings. The van der Waals surface area contributed by atoms with Crippen LogP contribution in [0.15, 0.2) is 30.3 Å². The van der Waals surface area contributed by atoms with Gasteiger partial charge in [0.25, 0.3) is 0 Å². The van der Waals surface area contributed by atoms with Crippen LogP contribution >= 0.6 is 12.4 Å². The van der Waals surface area contributed by atoms with E-state index in [1.54, 1.807) is 0 Å². The molecule has 1 amide bonds. The van der Waals surface area contributed by atoms with Crippen molar-refractivity contribution in [2.45, 2.75) is 51.0 Å². The Bertz CT molecular complexity index is 474. The fourth-order valence-electron chi connectivity index (χ4n) is 3.86. The second-order valence-corrected chi connectivity index (χ2v) is 6.82. The number of rotatable bonds is 5. The molecule has 2 aliphatic rings.